The lowest BCUT2D eigenvalue weighted by molar-refractivity contribution is -0.144. The lowest BCUT2D eigenvalue weighted by atomic mass is 10.5. The Morgan fingerprint density at radius 3 is 2.89 bits per heavy atom. The van der Waals surface area contributed by atoms with E-state index in [9.17, 15) is 9.59 Å². The van der Waals surface area contributed by atoms with E-state index < -0.39 is 0 Å². The predicted octanol–water partition coefficient (Wildman–Crippen LogP) is -0.357. The molecule has 0 unspecified atom stereocenters. The Kier molecular flexibility index (Phi) is 4.49. The van der Waals surface area contributed by atoms with Gasteiger partial charge in [-0.25, -0.2) is 0 Å². The summed E-state index contributed by atoms with van der Waals surface area (Å²) in [6.07, 6.45) is 0.809. The standard InChI is InChI=1S/C5H9NO3/c1-2-5(8)9-4-6-3-7/h3H,2,4H2,1H3,(H,6,7). The van der Waals surface area contributed by atoms with E-state index in [2.05, 4.69) is 10.1 Å². The van der Waals surface area contributed by atoms with Crippen molar-refractivity contribution in [2.24, 2.45) is 0 Å². The largest absolute Gasteiger partial charge is 0.444 e. The van der Waals surface area contributed by atoms with E-state index in [0.717, 1.165) is 0 Å². The van der Waals surface area contributed by atoms with E-state index in [1.165, 1.54) is 0 Å². The highest BCUT2D eigenvalue weighted by atomic mass is 16.5. The van der Waals surface area contributed by atoms with Crippen molar-refractivity contribution < 1.29 is 14.3 Å². The fourth-order valence-corrected chi connectivity index (χ4v) is 0.258. The minimum atomic E-state index is -0.315. The Hall–Kier alpha value is -1.06. The molecular weight excluding hydrogens is 122 g/mol. The molecule has 0 aliphatic carbocycles. The Bertz CT molecular complexity index is 102. The van der Waals surface area contributed by atoms with Crippen molar-refractivity contribution in [3.63, 3.8) is 0 Å². The van der Waals surface area contributed by atoms with Gasteiger partial charge in [0.25, 0.3) is 0 Å². The molecule has 0 spiro atoms. The molecule has 0 aliphatic heterocycles. The Morgan fingerprint density at radius 1 is 1.78 bits per heavy atom. The first-order chi connectivity index (χ1) is 4.31. The van der Waals surface area contributed by atoms with Gasteiger partial charge in [0.15, 0.2) is 6.73 Å². The number of ether oxygens (including phenoxy) is 1. The first-order valence-electron chi connectivity index (χ1n) is 2.64. The molecule has 0 aromatic rings. The second-order valence-corrected chi connectivity index (χ2v) is 1.34. The summed E-state index contributed by atoms with van der Waals surface area (Å²) in [6, 6.07) is 0. The fraction of sp³-hybridized carbons (Fsp3) is 0.600. The van der Waals surface area contributed by atoms with Gasteiger partial charge in [0.05, 0.1) is 0 Å². The second kappa shape index (κ2) is 5.08. The van der Waals surface area contributed by atoms with Crippen LogP contribution in [0.25, 0.3) is 0 Å². The number of hydrogen-bond acceptors (Lipinski definition) is 3. The van der Waals surface area contributed by atoms with E-state index in [4.69, 9.17) is 0 Å². The third-order valence-corrected chi connectivity index (χ3v) is 0.688. The van der Waals surface area contributed by atoms with E-state index >= 15 is 0 Å². The van der Waals surface area contributed by atoms with Crippen LogP contribution in [0.15, 0.2) is 0 Å². The van der Waals surface area contributed by atoms with Crippen molar-refractivity contribution in [1.29, 1.82) is 0 Å². The second-order valence-electron chi connectivity index (χ2n) is 1.34. The quantitative estimate of drug-likeness (QED) is 0.245. The predicted molar refractivity (Wildman–Crippen MR) is 30.4 cm³/mol. The molecule has 0 aromatic carbocycles. The minimum Gasteiger partial charge on any atom is -0.444 e. The van der Waals surface area contributed by atoms with Crippen molar-refractivity contribution in [3.05, 3.63) is 0 Å². The Balaban J connectivity index is 3.06. The van der Waals surface area contributed by atoms with Crippen LogP contribution in [0, 0.1) is 0 Å². The molecule has 0 fully saturated rings. The summed E-state index contributed by atoms with van der Waals surface area (Å²) < 4.78 is 4.45. The number of nitrogens with one attached hydrogen (secondary N) is 1. The van der Waals surface area contributed by atoms with Gasteiger partial charge in [-0.1, -0.05) is 6.92 Å². The number of hydrogen-bond donors (Lipinski definition) is 1. The summed E-state index contributed by atoms with van der Waals surface area (Å²) >= 11 is 0. The summed E-state index contributed by atoms with van der Waals surface area (Å²) in [5.41, 5.74) is 0. The van der Waals surface area contributed by atoms with Crippen LogP contribution in [0.2, 0.25) is 0 Å². The number of amides is 1. The summed E-state index contributed by atoms with van der Waals surface area (Å²) in [6.45, 7) is 1.65. The van der Waals surface area contributed by atoms with Gasteiger partial charge in [0.2, 0.25) is 6.41 Å². The molecule has 0 saturated heterocycles. The topological polar surface area (TPSA) is 55.4 Å². The van der Waals surface area contributed by atoms with Crippen LogP contribution in [0.3, 0.4) is 0 Å². The Labute approximate surface area is 53.2 Å². The van der Waals surface area contributed by atoms with Gasteiger partial charge in [-0.3, -0.25) is 9.59 Å². The van der Waals surface area contributed by atoms with E-state index in [1.54, 1.807) is 6.92 Å². The number of carbonyl (C=O) groups excluding carboxylic acids is 2. The fourth-order valence-electron chi connectivity index (χ4n) is 0.258. The SMILES string of the molecule is CCC(=O)OCNC=O. The number of rotatable bonds is 4. The summed E-state index contributed by atoms with van der Waals surface area (Å²) in [4.78, 5) is 19.9. The van der Waals surface area contributed by atoms with Crippen molar-refractivity contribution in [1.82, 2.24) is 5.32 Å². The highest BCUT2D eigenvalue weighted by molar-refractivity contribution is 5.68. The maximum atomic E-state index is 10.3. The van der Waals surface area contributed by atoms with Gasteiger partial charge in [-0.05, 0) is 0 Å². The zero-order valence-corrected chi connectivity index (χ0v) is 5.22. The van der Waals surface area contributed by atoms with Crippen molar-refractivity contribution in [2.75, 3.05) is 6.73 Å². The zero-order valence-electron chi connectivity index (χ0n) is 5.22. The Morgan fingerprint density at radius 2 is 2.44 bits per heavy atom. The third kappa shape index (κ3) is 4.80. The summed E-state index contributed by atoms with van der Waals surface area (Å²) in [5, 5.41) is 2.19. The van der Waals surface area contributed by atoms with E-state index in [1.807, 2.05) is 0 Å². The first kappa shape index (κ1) is 7.94. The van der Waals surface area contributed by atoms with Gasteiger partial charge < -0.3 is 10.1 Å². The maximum absolute atomic E-state index is 10.3. The molecule has 0 rings (SSSR count). The van der Waals surface area contributed by atoms with Crippen LogP contribution >= 0.6 is 0 Å². The van der Waals surface area contributed by atoms with Crippen LogP contribution in [0.5, 0.6) is 0 Å². The minimum absolute atomic E-state index is 0.0316. The maximum Gasteiger partial charge on any atom is 0.307 e. The average Bonchev–Trinajstić information content (AvgIpc) is 1.89. The molecule has 0 radical (unpaired) electrons. The van der Waals surface area contributed by atoms with E-state index in [0.29, 0.717) is 12.8 Å². The van der Waals surface area contributed by atoms with Gasteiger partial charge in [-0.15, -0.1) is 0 Å². The summed E-state index contributed by atoms with van der Waals surface area (Å²) in [7, 11) is 0. The molecule has 0 atom stereocenters. The van der Waals surface area contributed by atoms with Crippen LogP contribution in [0.1, 0.15) is 13.3 Å². The lowest BCUT2D eigenvalue weighted by Crippen LogP contribution is -2.18. The summed E-state index contributed by atoms with van der Waals surface area (Å²) in [5.74, 6) is -0.315. The van der Waals surface area contributed by atoms with Crippen LogP contribution < -0.4 is 5.32 Å². The van der Waals surface area contributed by atoms with Gasteiger partial charge in [0.1, 0.15) is 0 Å². The normalized spacial score (nSPS) is 8.11. The molecule has 52 valence electrons. The molecule has 0 saturated carbocycles. The van der Waals surface area contributed by atoms with Crippen molar-refractivity contribution in [2.45, 2.75) is 13.3 Å². The van der Waals surface area contributed by atoms with Crippen LogP contribution in [0.4, 0.5) is 0 Å². The molecule has 0 bridgehead atoms. The van der Waals surface area contributed by atoms with Crippen LogP contribution in [-0.2, 0) is 14.3 Å². The molecule has 4 nitrogen and oxygen atoms in total. The van der Waals surface area contributed by atoms with Gasteiger partial charge in [0, 0.05) is 6.42 Å². The smallest absolute Gasteiger partial charge is 0.307 e. The van der Waals surface area contributed by atoms with Gasteiger partial charge >= 0.3 is 5.97 Å². The van der Waals surface area contributed by atoms with Gasteiger partial charge in [-0.2, -0.15) is 0 Å². The number of carbonyl (C=O) groups is 2. The van der Waals surface area contributed by atoms with Crippen molar-refractivity contribution in [3.8, 4) is 0 Å². The number of esters is 1. The molecule has 9 heavy (non-hydrogen) atoms. The molecule has 0 aliphatic rings. The lowest BCUT2D eigenvalue weighted by Gasteiger charge is -1.98. The zero-order chi connectivity index (χ0) is 7.11. The molecule has 0 aromatic heterocycles. The molecule has 1 amide bonds. The first-order valence-corrected chi connectivity index (χ1v) is 2.64. The third-order valence-electron chi connectivity index (χ3n) is 0.688. The molecule has 1 N–H and O–H groups in total. The highest BCUT2D eigenvalue weighted by Crippen LogP contribution is 1.79. The molecule has 4 heteroatoms. The molecule has 0 heterocycles. The van der Waals surface area contributed by atoms with Crippen LogP contribution in [-0.4, -0.2) is 19.1 Å². The highest BCUT2D eigenvalue weighted by Gasteiger charge is 1.93. The monoisotopic (exact) mass is 131 g/mol. The average molecular weight is 131 g/mol. The van der Waals surface area contributed by atoms with E-state index in [-0.39, 0.29) is 12.7 Å². The van der Waals surface area contributed by atoms with Crippen molar-refractivity contribution >= 4 is 12.4 Å². The molecular formula is C5H9NO3.